The van der Waals surface area contributed by atoms with Crippen LogP contribution in [-0.2, 0) is 18.2 Å². The third-order valence-corrected chi connectivity index (χ3v) is 3.55. The predicted octanol–water partition coefficient (Wildman–Crippen LogP) is 1.20. The lowest BCUT2D eigenvalue weighted by Gasteiger charge is -2.41. The molecule has 0 aliphatic carbocycles. The van der Waals surface area contributed by atoms with Crippen LogP contribution in [0.15, 0.2) is 0 Å². The first kappa shape index (κ1) is 14.8. The lowest BCUT2D eigenvalue weighted by atomic mass is 10.0. The van der Waals surface area contributed by atoms with E-state index < -0.39 is 0 Å². The van der Waals surface area contributed by atoms with Gasteiger partial charge >= 0.3 is 0 Å². The zero-order chi connectivity index (χ0) is 15.1. The minimum absolute atomic E-state index is 0.0165. The molecule has 112 valence electrons. The molecule has 1 atom stereocenters. The fraction of sp³-hybridized carbons (Fsp3) is 0.714. The van der Waals surface area contributed by atoms with Gasteiger partial charge in [-0.25, -0.2) is 0 Å². The zero-order valence-electron chi connectivity index (χ0n) is 12.9. The maximum absolute atomic E-state index is 12.7. The summed E-state index contributed by atoms with van der Waals surface area (Å²) in [7, 11) is 1.76. The summed E-state index contributed by atoms with van der Waals surface area (Å²) in [6.45, 7) is 9.08. The third kappa shape index (κ3) is 2.65. The number of anilines is 1. The number of morpholine rings is 1. The smallest absolute Gasteiger partial charge is 0.274 e. The molecule has 1 amide bonds. The van der Waals surface area contributed by atoms with Crippen LogP contribution >= 0.6 is 0 Å². The van der Waals surface area contributed by atoms with Gasteiger partial charge in [0, 0.05) is 20.1 Å². The zero-order valence-corrected chi connectivity index (χ0v) is 12.9. The summed E-state index contributed by atoms with van der Waals surface area (Å²) in [5, 5.41) is 4.31. The van der Waals surface area contributed by atoms with Crippen molar-refractivity contribution in [2.24, 2.45) is 7.05 Å². The number of amides is 1. The number of nitrogen functional groups attached to an aromatic ring is 1. The number of nitrogens with zero attached hydrogens (tertiary/aromatic N) is 3. The normalized spacial score (nSPS) is 22.1. The molecule has 1 aromatic rings. The Morgan fingerprint density at radius 3 is 2.70 bits per heavy atom. The number of rotatable bonds is 2. The van der Waals surface area contributed by atoms with Crippen molar-refractivity contribution in [1.29, 1.82) is 0 Å². The largest absolute Gasteiger partial charge is 0.395 e. The van der Waals surface area contributed by atoms with Gasteiger partial charge in [-0.15, -0.1) is 0 Å². The Kier molecular flexibility index (Phi) is 3.77. The Balaban J connectivity index is 2.30. The maximum Gasteiger partial charge on any atom is 0.274 e. The molecular weight excluding hydrogens is 256 g/mol. The molecule has 0 saturated carbocycles. The van der Waals surface area contributed by atoms with Crippen LogP contribution in [0, 0.1) is 0 Å². The highest BCUT2D eigenvalue weighted by molar-refractivity contribution is 5.98. The number of carbonyl (C=O) groups excluding carboxylic acids is 1. The molecule has 1 unspecified atom stereocenters. The van der Waals surface area contributed by atoms with Crippen LogP contribution in [0.25, 0.3) is 0 Å². The van der Waals surface area contributed by atoms with Crippen LogP contribution in [0.3, 0.4) is 0 Å². The summed E-state index contributed by atoms with van der Waals surface area (Å²) in [4.78, 5) is 14.5. The molecule has 0 bridgehead atoms. The first-order valence-electron chi connectivity index (χ1n) is 7.03. The van der Waals surface area contributed by atoms with E-state index in [2.05, 4.69) is 5.10 Å². The minimum atomic E-state index is -0.339. The van der Waals surface area contributed by atoms with E-state index in [4.69, 9.17) is 10.5 Å². The summed E-state index contributed by atoms with van der Waals surface area (Å²) in [6, 6.07) is 0. The van der Waals surface area contributed by atoms with E-state index in [1.807, 2.05) is 27.7 Å². The van der Waals surface area contributed by atoms with E-state index in [0.717, 1.165) is 12.1 Å². The van der Waals surface area contributed by atoms with Gasteiger partial charge in [-0.1, -0.05) is 6.92 Å². The van der Waals surface area contributed by atoms with Crippen molar-refractivity contribution in [2.75, 3.05) is 18.8 Å². The summed E-state index contributed by atoms with van der Waals surface area (Å²) >= 11 is 0. The molecule has 0 aromatic carbocycles. The number of carbonyl (C=O) groups is 1. The molecule has 0 spiro atoms. The van der Waals surface area contributed by atoms with Crippen molar-refractivity contribution in [1.82, 2.24) is 14.7 Å². The minimum Gasteiger partial charge on any atom is -0.395 e. The van der Waals surface area contributed by atoms with E-state index in [-0.39, 0.29) is 17.6 Å². The van der Waals surface area contributed by atoms with Gasteiger partial charge in [0.25, 0.3) is 5.91 Å². The quantitative estimate of drug-likeness (QED) is 0.883. The van der Waals surface area contributed by atoms with E-state index in [1.54, 1.807) is 16.6 Å². The van der Waals surface area contributed by atoms with Gasteiger partial charge in [-0.3, -0.25) is 9.48 Å². The maximum atomic E-state index is 12.7. The molecule has 20 heavy (non-hydrogen) atoms. The average Bonchev–Trinajstić information content (AvgIpc) is 2.61. The summed E-state index contributed by atoms with van der Waals surface area (Å²) in [5.74, 6) is -0.0691. The van der Waals surface area contributed by atoms with Gasteiger partial charge in [0.1, 0.15) is 5.69 Å². The van der Waals surface area contributed by atoms with Crippen LogP contribution in [0.4, 0.5) is 5.69 Å². The van der Waals surface area contributed by atoms with Crippen molar-refractivity contribution in [2.45, 2.75) is 45.8 Å². The van der Waals surface area contributed by atoms with Crippen LogP contribution in [-0.4, -0.2) is 45.4 Å². The van der Waals surface area contributed by atoms with Crippen LogP contribution < -0.4 is 5.73 Å². The molecule has 1 aliphatic heterocycles. The molecule has 2 N–H and O–H groups in total. The Hall–Kier alpha value is -1.56. The highest BCUT2D eigenvalue weighted by Gasteiger charge is 2.35. The number of hydrogen-bond acceptors (Lipinski definition) is 4. The lowest BCUT2D eigenvalue weighted by molar-refractivity contribution is -0.119. The lowest BCUT2D eigenvalue weighted by Crippen LogP contribution is -2.54. The van der Waals surface area contributed by atoms with Gasteiger partial charge in [0.15, 0.2) is 0 Å². The molecule has 6 nitrogen and oxygen atoms in total. The second-order valence-electron chi connectivity index (χ2n) is 6.06. The standard InChI is InChI=1S/C14H24N4O2/c1-6-10-11(15)12(17(5)16-10)13(19)18-7-9(2)20-14(3,4)8-18/h9H,6-8,15H2,1-5H3. The molecular formula is C14H24N4O2. The van der Waals surface area contributed by atoms with Crippen LogP contribution in [0.5, 0.6) is 0 Å². The molecule has 6 heteroatoms. The Morgan fingerprint density at radius 2 is 2.20 bits per heavy atom. The fourth-order valence-corrected chi connectivity index (χ4v) is 2.87. The number of nitrogens with two attached hydrogens (primary N) is 1. The summed E-state index contributed by atoms with van der Waals surface area (Å²) in [6.07, 6.45) is 0.737. The van der Waals surface area contributed by atoms with E-state index in [0.29, 0.717) is 24.5 Å². The number of aromatic nitrogens is 2. The van der Waals surface area contributed by atoms with Crippen molar-refractivity contribution in [3.63, 3.8) is 0 Å². The van der Waals surface area contributed by atoms with Crippen molar-refractivity contribution < 1.29 is 9.53 Å². The van der Waals surface area contributed by atoms with Gasteiger partial charge in [-0.2, -0.15) is 5.10 Å². The summed E-state index contributed by atoms with van der Waals surface area (Å²) < 4.78 is 7.42. The van der Waals surface area contributed by atoms with E-state index >= 15 is 0 Å². The van der Waals surface area contributed by atoms with Gasteiger partial charge < -0.3 is 15.4 Å². The monoisotopic (exact) mass is 280 g/mol. The van der Waals surface area contributed by atoms with Crippen molar-refractivity contribution in [3.8, 4) is 0 Å². The molecule has 2 rings (SSSR count). The SMILES string of the molecule is CCc1nn(C)c(C(=O)N2CC(C)OC(C)(C)C2)c1N. The van der Waals surface area contributed by atoms with E-state index in [9.17, 15) is 4.79 Å². The predicted molar refractivity (Wildman–Crippen MR) is 77.5 cm³/mol. The van der Waals surface area contributed by atoms with Crippen LogP contribution in [0.1, 0.15) is 43.9 Å². The highest BCUT2D eigenvalue weighted by atomic mass is 16.5. The van der Waals surface area contributed by atoms with Crippen LogP contribution in [0.2, 0.25) is 0 Å². The molecule has 0 radical (unpaired) electrons. The van der Waals surface area contributed by atoms with Crippen molar-refractivity contribution >= 4 is 11.6 Å². The fourth-order valence-electron chi connectivity index (χ4n) is 2.87. The molecule has 2 heterocycles. The Labute approximate surface area is 119 Å². The Morgan fingerprint density at radius 1 is 1.55 bits per heavy atom. The number of aryl methyl sites for hydroxylation is 2. The molecule has 1 aromatic heterocycles. The topological polar surface area (TPSA) is 73.4 Å². The highest BCUT2D eigenvalue weighted by Crippen LogP contribution is 2.25. The second kappa shape index (κ2) is 5.09. The molecule has 1 saturated heterocycles. The van der Waals surface area contributed by atoms with Gasteiger partial charge in [-0.05, 0) is 27.2 Å². The second-order valence-corrected chi connectivity index (χ2v) is 6.06. The number of ether oxygens (including phenoxy) is 1. The van der Waals surface area contributed by atoms with Gasteiger partial charge in [0.2, 0.25) is 0 Å². The van der Waals surface area contributed by atoms with Crippen molar-refractivity contribution in [3.05, 3.63) is 11.4 Å². The molecule has 1 fully saturated rings. The Bertz CT molecular complexity index is 521. The third-order valence-electron chi connectivity index (χ3n) is 3.55. The van der Waals surface area contributed by atoms with E-state index in [1.165, 1.54) is 0 Å². The summed E-state index contributed by atoms with van der Waals surface area (Å²) in [5.41, 5.74) is 7.47. The van der Waals surface area contributed by atoms with Gasteiger partial charge in [0.05, 0.1) is 23.1 Å². The first-order valence-corrected chi connectivity index (χ1v) is 7.03. The number of hydrogen-bond donors (Lipinski definition) is 1. The average molecular weight is 280 g/mol. The first-order chi connectivity index (χ1) is 9.25. The molecule has 1 aliphatic rings.